The highest BCUT2D eigenvalue weighted by molar-refractivity contribution is 5.89. The number of aromatic amines is 1. The average molecular weight is 286 g/mol. The van der Waals surface area contributed by atoms with E-state index in [-0.39, 0.29) is 5.82 Å². The third-order valence-electron chi connectivity index (χ3n) is 2.89. The Bertz CT molecular complexity index is 619. The molecule has 4 heteroatoms. The molecule has 0 amide bonds. The molecular weight excluding hydrogens is 264 g/mol. The van der Waals surface area contributed by atoms with Gasteiger partial charge in [-0.1, -0.05) is 37.0 Å². The molecular formula is C17H22N2O2. The number of ether oxygens (including phenoxy) is 1. The maximum Gasteiger partial charge on any atom is 0.374 e. The fraction of sp³-hybridized carbons (Fsp3) is 0.294. The zero-order chi connectivity index (χ0) is 16.0. The van der Waals surface area contributed by atoms with Gasteiger partial charge in [0.2, 0.25) is 5.82 Å². The Morgan fingerprint density at radius 1 is 1.43 bits per heavy atom. The van der Waals surface area contributed by atoms with E-state index in [2.05, 4.69) is 23.1 Å². The van der Waals surface area contributed by atoms with Crippen LogP contribution < -0.4 is 0 Å². The Hall–Kier alpha value is -2.36. The normalized spacial score (nSPS) is 12.2. The lowest BCUT2D eigenvalue weighted by Gasteiger charge is -2.04. The predicted molar refractivity (Wildman–Crippen MR) is 86.9 cm³/mol. The number of imidazole rings is 1. The van der Waals surface area contributed by atoms with Crippen molar-refractivity contribution in [2.45, 2.75) is 27.7 Å². The molecule has 112 valence electrons. The maximum absolute atomic E-state index is 11.9. The number of hydrogen-bond donors (Lipinski definition) is 1. The minimum absolute atomic E-state index is 0.192. The number of esters is 1. The Labute approximate surface area is 125 Å². The molecule has 0 aromatic carbocycles. The monoisotopic (exact) mass is 286 g/mol. The van der Waals surface area contributed by atoms with Crippen LogP contribution in [0, 0.1) is 0 Å². The van der Waals surface area contributed by atoms with Gasteiger partial charge in [0.25, 0.3) is 0 Å². The Morgan fingerprint density at radius 3 is 2.57 bits per heavy atom. The summed E-state index contributed by atoms with van der Waals surface area (Å²) in [6, 6.07) is 0. The number of aromatic nitrogens is 2. The van der Waals surface area contributed by atoms with E-state index in [4.69, 9.17) is 4.74 Å². The van der Waals surface area contributed by atoms with Crippen molar-refractivity contribution in [1.29, 1.82) is 0 Å². The van der Waals surface area contributed by atoms with Crippen molar-refractivity contribution in [1.82, 2.24) is 9.97 Å². The van der Waals surface area contributed by atoms with Gasteiger partial charge in [-0.25, -0.2) is 9.78 Å². The van der Waals surface area contributed by atoms with Crippen molar-refractivity contribution >= 4 is 17.1 Å². The van der Waals surface area contributed by atoms with E-state index in [0.29, 0.717) is 12.3 Å². The van der Waals surface area contributed by atoms with Gasteiger partial charge in [0.05, 0.1) is 18.0 Å². The lowest BCUT2D eigenvalue weighted by Crippen LogP contribution is -2.06. The second kappa shape index (κ2) is 7.43. The highest BCUT2D eigenvalue weighted by Crippen LogP contribution is 2.25. The summed E-state index contributed by atoms with van der Waals surface area (Å²) in [6.45, 7) is 15.5. The van der Waals surface area contributed by atoms with Gasteiger partial charge in [-0.3, -0.25) is 0 Å². The molecule has 4 nitrogen and oxygen atoms in total. The molecule has 0 aliphatic carbocycles. The summed E-state index contributed by atoms with van der Waals surface area (Å²) in [7, 11) is 0. The van der Waals surface area contributed by atoms with Gasteiger partial charge in [0, 0.05) is 0 Å². The molecule has 0 radical (unpaired) electrons. The second-order valence-corrected chi connectivity index (χ2v) is 4.65. The van der Waals surface area contributed by atoms with E-state index >= 15 is 0 Å². The van der Waals surface area contributed by atoms with Crippen LogP contribution in [-0.4, -0.2) is 22.5 Å². The average Bonchev–Trinajstić information content (AvgIpc) is 2.89. The third kappa shape index (κ3) is 4.05. The summed E-state index contributed by atoms with van der Waals surface area (Å²) in [6.07, 6.45) is 5.54. The van der Waals surface area contributed by atoms with E-state index in [0.717, 1.165) is 22.4 Å². The van der Waals surface area contributed by atoms with Crippen molar-refractivity contribution in [2.24, 2.45) is 0 Å². The quantitative estimate of drug-likeness (QED) is 0.631. The van der Waals surface area contributed by atoms with Crippen LogP contribution >= 0.6 is 0 Å². The van der Waals surface area contributed by atoms with Crippen LogP contribution in [0.15, 0.2) is 37.0 Å². The fourth-order valence-electron chi connectivity index (χ4n) is 1.80. The van der Waals surface area contributed by atoms with Crippen LogP contribution in [0.5, 0.6) is 0 Å². The molecule has 0 bridgehead atoms. The number of H-pyrrole nitrogens is 1. The number of nitrogens with zero attached hydrogens (tertiary/aromatic N) is 1. The summed E-state index contributed by atoms with van der Waals surface area (Å²) in [5.41, 5.74) is 4.15. The van der Waals surface area contributed by atoms with E-state index in [1.165, 1.54) is 0 Å². The lowest BCUT2D eigenvalue weighted by molar-refractivity contribution is 0.0513. The summed E-state index contributed by atoms with van der Waals surface area (Å²) < 4.78 is 4.99. The van der Waals surface area contributed by atoms with E-state index in [9.17, 15) is 4.79 Å². The van der Waals surface area contributed by atoms with E-state index in [1.807, 2.05) is 32.9 Å². The SMILES string of the molecule is C=C/C(=C\C(=C)C)c1[nH]c(C(=O)OCC)nc1/C(C)=C/C. The number of carbonyl (C=O) groups is 1. The first-order valence-electron chi connectivity index (χ1n) is 6.85. The predicted octanol–water partition coefficient (Wildman–Crippen LogP) is 4.16. The fourth-order valence-corrected chi connectivity index (χ4v) is 1.80. The Morgan fingerprint density at radius 2 is 2.10 bits per heavy atom. The molecule has 0 aliphatic rings. The van der Waals surface area contributed by atoms with Gasteiger partial charge in [-0.2, -0.15) is 0 Å². The van der Waals surface area contributed by atoms with E-state index in [1.54, 1.807) is 13.0 Å². The molecule has 0 saturated heterocycles. The maximum atomic E-state index is 11.9. The molecule has 0 aliphatic heterocycles. The van der Waals surface area contributed by atoms with Gasteiger partial charge in [0.15, 0.2) is 0 Å². The first-order valence-corrected chi connectivity index (χ1v) is 6.85. The standard InChI is InChI=1S/C17H22N2O2/c1-7-12(6)14-15(13(8-2)10-11(4)5)19-16(18-14)17(20)21-9-3/h7-8,10H,2,4,9H2,1,3,5-6H3,(H,18,19)/b12-7+,13-10+. The lowest BCUT2D eigenvalue weighted by atomic mass is 10.0. The van der Waals surface area contributed by atoms with E-state index < -0.39 is 5.97 Å². The number of allylic oxidation sites excluding steroid dienone is 6. The molecule has 0 spiro atoms. The number of rotatable bonds is 6. The van der Waals surface area contributed by atoms with Crippen LogP contribution in [0.25, 0.3) is 11.1 Å². The van der Waals surface area contributed by atoms with Crippen molar-refractivity contribution in [3.63, 3.8) is 0 Å². The van der Waals surface area contributed by atoms with Gasteiger partial charge in [-0.05, 0) is 38.8 Å². The molecule has 0 unspecified atom stereocenters. The smallest absolute Gasteiger partial charge is 0.374 e. The molecule has 1 heterocycles. The third-order valence-corrected chi connectivity index (χ3v) is 2.89. The molecule has 1 N–H and O–H groups in total. The molecule has 1 aromatic heterocycles. The van der Waals surface area contributed by atoms with Gasteiger partial charge >= 0.3 is 5.97 Å². The minimum Gasteiger partial charge on any atom is -0.460 e. The highest BCUT2D eigenvalue weighted by atomic mass is 16.5. The molecule has 1 aromatic rings. The minimum atomic E-state index is -0.465. The van der Waals surface area contributed by atoms with Crippen LogP contribution in [0.1, 0.15) is 49.7 Å². The van der Waals surface area contributed by atoms with Crippen molar-refractivity contribution in [3.05, 3.63) is 54.2 Å². The zero-order valence-corrected chi connectivity index (χ0v) is 13.1. The Balaban J connectivity index is 3.44. The van der Waals surface area contributed by atoms with Crippen LogP contribution in [0.3, 0.4) is 0 Å². The molecule has 1 rings (SSSR count). The topological polar surface area (TPSA) is 55.0 Å². The van der Waals surface area contributed by atoms with Crippen molar-refractivity contribution < 1.29 is 9.53 Å². The Kier molecular flexibility index (Phi) is 5.91. The second-order valence-electron chi connectivity index (χ2n) is 4.65. The molecule has 0 fully saturated rings. The van der Waals surface area contributed by atoms with Gasteiger partial charge in [-0.15, -0.1) is 0 Å². The number of nitrogens with one attached hydrogen (secondary N) is 1. The number of hydrogen-bond acceptors (Lipinski definition) is 3. The van der Waals surface area contributed by atoms with Gasteiger partial charge in [0.1, 0.15) is 0 Å². The summed E-state index contributed by atoms with van der Waals surface area (Å²) >= 11 is 0. The summed E-state index contributed by atoms with van der Waals surface area (Å²) in [5, 5.41) is 0. The number of carbonyl (C=O) groups excluding carboxylic acids is 1. The first kappa shape index (κ1) is 16.7. The molecule has 21 heavy (non-hydrogen) atoms. The van der Waals surface area contributed by atoms with Crippen LogP contribution in [-0.2, 0) is 4.74 Å². The van der Waals surface area contributed by atoms with Crippen LogP contribution in [0.4, 0.5) is 0 Å². The van der Waals surface area contributed by atoms with Crippen molar-refractivity contribution in [2.75, 3.05) is 6.61 Å². The zero-order valence-electron chi connectivity index (χ0n) is 13.1. The van der Waals surface area contributed by atoms with Crippen LogP contribution in [0.2, 0.25) is 0 Å². The van der Waals surface area contributed by atoms with Crippen molar-refractivity contribution in [3.8, 4) is 0 Å². The molecule has 0 atom stereocenters. The molecule has 0 saturated carbocycles. The van der Waals surface area contributed by atoms with Gasteiger partial charge < -0.3 is 9.72 Å². The largest absolute Gasteiger partial charge is 0.460 e. The summed E-state index contributed by atoms with van der Waals surface area (Å²) in [4.78, 5) is 19.2. The summed E-state index contributed by atoms with van der Waals surface area (Å²) in [5.74, 6) is -0.273. The highest BCUT2D eigenvalue weighted by Gasteiger charge is 2.18. The first-order chi connectivity index (χ1) is 9.94.